The van der Waals surface area contributed by atoms with Gasteiger partial charge in [-0.15, -0.1) is 6.58 Å². The smallest absolute Gasteiger partial charge is 0.0991 e. The first-order valence-electron chi connectivity index (χ1n) is 8.06. The fourth-order valence-corrected chi connectivity index (χ4v) is 3.03. The molecular weight excluding hydrogens is 258 g/mol. The van der Waals surface area contributed by atoms with Crippen LogP contribution in [0.1, 0.15) is 62.0 Å². The molecule has 0 bridgehead atoms. The molecule has 0 aliphatic heterocycles. The van der Waals surface area contributed by atoms with Crippen molar-refractivity contribution in [1.82, 2.24) is 0 Å². The molecule has 2 nitrogen and oxygen atoms in total. The lowest BCUT2D eigenvalue weighted by Crippen LogP contribution is -2.21. The van der Waals surface area contributed by atoms with Crippen LogP contribution in [0.5, 0.6) is 0 Å². The fraction of sp³-hybridized carbons (Fsp3) is 0.526. The SMILES string of the molecule is C=CCCCCO[C@H]1CC[C@H](c2ccc(C#N)cc2)CC1. The molecule has 1 fully saturated rings. The Morgan fingerprint density at radius 1 is 1.14 bits per heavy atom. The molecule has 0 heterocycles. The third-order valence-corrected chi connectivity index (χ3v) is 4.34. The summed E-state index contributed by atoms with van der Waals surface area (Å²) in [5.74, 6) is 0.637. The molecule has 0 N–H and O–H groups in total. The predicted octanol–water partition coefficient (Wildman–Crippen LogP) is 4.96. The molecule has 1 saturated carbocycles. The highest BCUT2D eigenvalue weighted by Gasteiger charge is 2.22. The summed E-state index contributed by atoms with van der Waals surface area (Å²) in [5.41, 5.74) is 2.12. The summed E-state index contributed by atoms with van der Waals surface area (Å²) in [6.45, 7) is 4.63. The number of nitrogens with zero attached hydrogens (tertiary/aromatic N) is 1. The van der Waals surface area contributed by atoms with E-state index >= 15 is 0 Å². The summed E-state index contributed by atoms with van der Waals surface area (Å²) in [5, 5.41) is 8.84. The van der Waals surface area contributed by atoms with Gasteiger partial charge in [0.25, 0.3) is 0 Å². The number of rotatable bonds is 7. The number of allylic oxidation sites excluding steroid dienone is 1. The molecule has 0 amide bonds. The number of benzene rings is 1. The van der Waals surface area contributed by atoms with E-state index in [9.17, 15) is 0 Å². The Kier molecular flexibility index (Phi) is 6.50. The summed E-state index contributed by atoms with van der Waals surface area (Å²) in [4.78, 5) is 0. The molecule has 1 aromatic rings. The third-order valence-electron chi connectivity index (χ3n) is 4.34. The van der Waals surface area contributed by atoms with Crippen LogP contribution >= 0.6 is 0 Å². The summed E-state index contributed by atoms with van der Waals surface area (Å²) in [6.07, 6.45) is 10.6. The van der Waals surface area contributed by atoms with Crippen molar-refractivity contribution in [2.75, 3.05) is 6.61 Å². The predicted molar refractivity (Wildman–Crippen MR) is 86.2 cm³/mol. The minimum absolute atomic E-state index is 0.448. The van der Waals surface area contributed by atoms with Crippen molar-refractivity contribution in [3.05, 3.63) is 48.0 Å². The molecule has 0 radical (unpaired) electrons. The van der Waals surface area contributed by atoms with E-state index in [0.717, 1.165) is 37.9 Å². The van der Waals surface area contributed by atoms with E-state index in [1.54, 1.807) is 0 Å². The first kappa shape index (κ1) is 15.8. The normalized spacial score (nSPS) is 21.7. The number of hydrogen-bond donors (Lipinski definition) is 0. The quantitative estimate of drug-likeness (QED) is 0.523. The Labute approximate surface area is 128 Å². The zero-order valence-corrected chi connectivity index (χ0v) is 12.8. The molecule has 112 valence electrons. The molecule has 1 aliphatic rings. The van der Waals surface area contributed by atoms with Gasteiger partial charge in [-0.3, -0.25) is 0 Å². The highest BCUT2D eigenvalue weighted by atomic mass is 16.5. The van der Waals surface area contributed by atoms with Crippen molar-refractivity contribution in [2.45, 2.75) is 57.0 Å². The lowest BCUT2D eigenvalue weighted by Gasteiger charge is -2.29. The first-order chi connectivity index (χ1) is 10.3. The number of ether oxygens (including phenoxy) is 1. The van der Waals surface area contributed by atoms with Crippen molar-refractivity contribution in [1.29, 1.82) is 5.26 Å². The van der Waals surface area contributed by atoms with Gasteiger partial charge in [0.05, 0.1) is 17.7 Å². The van der Waals surface area contributed by atoms with E-state index in [1.807, 2.05) is 18.2 Å². The van der Waals surface area contributed by atoms with Gasteiger partial charge in [-0.05, 0) is 68.6 Å². The van der Waals surface area contributed by atoms with Crippen molar-refractivity contribution < 1.29 is 4.74 Å². The summed E-state index contributed by atoms with van der Waals surface area (Å²) >= 11 is 0. The Bertz CT molecular complexity index is 463. The van der Waals surface area contributed by atoms with Crippen molar-refractivity contribution in [2.24, 2.45) is 0 Å². The van der Waals surface area contributed by atoms with Gasteiger partial charge in [-0.2, -0.15) is 5.26 Å². The summed E-state index contributed by atoms with van der Waals surface area (Å²) < 4.78 is 5.97. The van der Waals surface area contributed by atoms with Crippen LogP contribution in [0.2, 0.25) is 0 Å². The van der Waals surface area contributed by atoms with Crippen LogP contribution in [0.25, 0.3) is 0 Å². The molecule has 0 saturated heterocycles. The lowest BCUT2D eigenvalue weighted by molar-refractivity contribution is 0.0229. The molecule has 2 rings (SSSR count). The van der Waals surface area contributed by atoms with Gasteiger partial charge in [-0.25, -0.2) is 0 Å². The van der Waals surface area contributed by atoms with Crippen molar-refractivity contribution in [3.8, 4) is 6.07 Å². The van der Waals surface area contributed by atoms with Crippen LogP contribution < -0.4 is 0 Å². The summed E-state index contributed by atoms with van der Waals surface area (Å²) in [7, 11) is 0. The van der Waals surface area contributed by atoms with Gasteiger partial charge in [0, 0.05) is 6.61 Å². The molecular formula is C19H25NO. The number of nitriles is 1. The van der Waals surface area contributed by atoms with Crippen LogP contribution in [0.15, 0.2) is 36.9 Å². The summed E-state index contributed by atoms with van der Waals surface area (Å²) in [6, 6.07) is 10.3. The number of hydrogen-bond acceptors (Lipinski definition) is 2. The average Bonchev–Trinajstić information content (AvgIpc) is 2.55. The molecule has 0 spiro atoms. The van der Waals surface area contributed by atoms with E-state index in [1.165, 1.54) is 24.8 Å². The van der Waals surface area contributed by atoms with Crippen LogP contribution in [-0.2, 0) is 4.74 Å². The van der Waals surface area contributed by atoms with E-state index < -0.39 is 0 Å². The third kappa shape index (κ3) is 5.02. The maximum atomic E-state index is 8.84. The second-order valence-corrected chi connectivity index (χ2v) is 5.86. The molecule has 1 aromatic carbocycles. The maximum Gasteiger partial charge on any atom is 0.0991 e. The highest BCUT2D eigenvalue weighted by Crippen LogP contribution is 2.34. The topological polar surface area (TPSA) is 33.0 Å². The van der Waals surface area contributed by atoms with Crippen molar-refractivity contribution >= 4 is 0 Å². The molecule has 2 heteroatoms. The van der Waals surface area contributed by atoms with Crippen LogP contribution in [0.4, 0.5) is 0 Å². The molecule has 21 heavy (non-hydrogen) atoms. The largest absolute Gasteiger partial charge is 0.378 e. The first-order valence-corrected chi connectivity index (χ1v) is 8.06. The Morgan fingerprint density at radius 3 is 2.48 bits per heavy atom. The fourth-order valence-electron chi connectivity index (χ4n) is 3.03. The van der Waals surface area contributed by atoms with Crippen LogP contribution in [0.3, 0.4) is 0 Å². The van der Waals surface area contributed by atoms with Gasteiger partial charge in [-0.1, -0.05) is 18.2 Å². The Morgan fingerprint density at radius 2 is 1.86 bits per heavy atom. The van der Waals surface area contributed by atoms with Crippen molar-refractivity contribution in [3.63, 3.8) is 0 Å². The second kappa shape index (κ2) is 8.64. The maximum absolute atomic E-state index is 8.84. The zero-order valence-electron chi connectivity index (χ0n) is 12.8. The van der Waals surface area contributed by atoms with Crippen LogP contribution in [-0.4, -0.2) is 12.7 Å². The highest BCUT2D eigenvalue weighted by molar-refractivity contribution is 5.33. The van der Waals surface area contributed by atoms with Crippen LogP contribution in [0, 0.1) is 11.3 Å². The molecule has 0 atom stereocenters. The molecule has 0 aromatic heterocycles. The standard InChI is InChI=1S/C19H25NO/c1-2-3-4-5-14-21-19-12-10-18(11-13-19)17-8-6-16(15-20)7-9-17/h2,6-9,18-19H,1,3-5,10-14H2/t18-,19-. The van der Waals surface area contributed by atoms with Gasteiger partial charge in [0.2, 0.25) is 0 Å². The van der Waals surface area contributed by atoms with Gasteiger partial charge >= 0.3 is 0 Å². The molecule has 1 aliphatic carbocycles. The Balaban J connectivity index is 1.70. The molecule has 0 unspecified atom stereocenters. The zero-order chi connectivity index (χ0) is 14.9. The van der Waals surface area contributed by atoms with E-state index in [0.29, 0.717) is 12.0 Å². The van der Waals surface area contributed by atoms with E-state index in [4.69, 9.17) is 10.00 Å². The lowest BCUT2D eigenvalue weighted by atomic mass is 9.82. The van der Waals surface area contributed by atoms with Gasteiger partial charge < -0.3 is 4.74 Å². The second-order valence-electron chi connectivity index (χ2n) is 5.86. The van der Waals surface area contributed by atoms with Gasteiger partial charge in [0.1, 0.15) is 0 Å². The monoisotopic (exact) mass is 283 g/mol. The van der Waals surface area contributed by atoms with E-state index in [2.05, 4.69) is 24.8 Å². The van der Waals surface area contributed by atoms with E-state index in [-0.39, 0.29) is 0 Å². The number of unbranched alkanes of at least 4 members (excludes halogenated alkanes) is 2. The minimum Gasteiger partial charge on any atom is -0.378 e. The average molecular weight is 283 g/mol. The van der Waals surface area contributed by atoms with Gasteiger partial charge in [0.15, 0.2) is 0 Å². The Hall–Kier alpha value is -1.59. The minimum atomic E-state index is 0.448.